The summed E-state index contributed by atoms with van der Waals surface area (Å²) < 4.78 is 2.18. The molecule has 1 fully saturated rings. The van der Waals surface area contributed by atoms with Crippen LogP contribution in [0, 0.1) is 11.8 Å². The summed E-state index contributed by atoms with van der Waals surface area (Å²) in [5, 5.41) is 7.67. The Morgan fingerprint density at radius 1 is 1.31 bits per heavy atom. The molecule has 2 rings (SSSR count). The van der Waals surface area contributed by atoms with E-state index < -0.39 is 0 Å². The van der Waals surface area contributed by atoms with Gasteiger partial charge in [0, 0.05) is 18.3 Å². The Hall–Kier alpha value is -0.830. The van der Waals surface area contributed by atoms with Crippen molar-refractivity contribution in [3.63, 3.8) is 0 Å². The van der Waals surface area contributed by atoms with Crippen LogP contribution in [-0.4, -0.2) is 16.8 Å². The minimum Gasteiger partial charge on any atom is -0.316 e. The van der Waals surface area contributed by atoms with Gasteiger partial charge in [-0.3, -0.25) is 4.68 Å². The van der Waals surface area contributed by atoms with Gasteiger partial charge in [0.25, 0.3) is 0 Å². The Kier molecular flexibility index (Phi) is 3.64. The maximum Gasteiger partial charge on any atom is 0.0534 e. The second kappa shape index (κ2) is 5.00. The van der Waals surface area contributed by atoms with Gasteiger partial charge in [-0.15, -0.1) is 0 Å². The molecule has 0 saturated heterocycles. The van der Waals surface area contributed by atoms with Crippen LogP contribution in [0.2, 0.25) is 0 Å². The van der Waals surface area contributed by atoms with Crippen molar-refractivity contribution in [2.45, 2.75) is 45.7 Å². The first-order valence-corrected chi connectivity index (χ1v) is 6.36. The van der Waals surface area contributed by atoms with E-state index in [1.165, 1.54) is 24.8 Å². The Balaban J connectivity index is 2.04. The molecule has 3 heteroatoms. The Morgan fingerprint density at radius 2 is 2.00 bits per heavy atom. The fourth-order valence-electron chi connectivity index (χ4n) is 2.99. The molecule has 1 heterocycles. The summed E-state index contributed by atoms with van der Waals surface area (Å²) in [4.78, 5) is 0. The third kappa shape index (κ3) is 2.64. The molecule has 1 aliphatic rings. The van der Waals surface area contributed by atoms with E-state index in [1.54, 1.807) is 0 Å². The van der Waals surface area contributed by atoms with E-state index in [0.717, 1.165) is 18.4 Å². The highest BCUT2D eigenvalue weighted by molar-refractivity contribution is 5.04. The summed E-state index contributed by atoms with van der Waals surface area (Å²) in [5.74, 6) is 1.68. The minimum absolute atomic E-state index is 0.615. The van der Waals surface area contributed by atoms with Crippen molar-refractivity contribution in [2.24, 2.45) is 11.8 Å². The average molecular weight is 221 g/mol. The van der Waals surface area contributed by atoms with Gasteiger partial charge in [-0.05, 0) is 38.1 Å². The van der Waals surface area contributed by atoms with Crippen LogP contribution in [0.3, 0.4) is 0 Å². The normalized spacial score (nSPS) is 30.6. The number of rotatable bonds is 3. The minimum atomic E-state index is 0.615. The van der Waals surface area contributed by atoms with Gasteiger partial charge in [0.2, 0.25) is 0 Å². The summed E-state index contributed by atoms with van der Waals surface area (Å²) >= 11 is 0. The van der Waals surface area contributed by atoms with Gasteiger partial charge in [-0.25, -0.2) is 0 Å². The molecule has 2 unspecified atom stereocenters. The van der Waals surface area contributed by atoms with E-state index in [-0.39, 0.29) is 0 Å². The molecule has 0 radical (unpaired) electrons. The molecule has 2 atom stereocenters. The van der Waals surface area contributed by atoms with Crippen LogP contribution in [-0.2, 0) is 6.54 Å². The first-order chi connectivity index (χ1) is 7.69. The molecular formula is C13H23N3. The molecule has 0 spiro atoms. The van der Waals surface area contributed by atoms with Crippen molar-refractivity contribution in [1.82, 2.24) is 15.1 Å². The highest BCUT2D eigenvalue weighted by Crippen LogP contribution is 2.35. The van der Waals surface area contributed by atoms with Crippen molar-refractivity contribution >= 4 is 0 Å². The fraction of sp³-hybridized carbons (Fsp3) is 0.769. The van der Waals surface area contributed by atoms with Gasteiger partial charge in [-0.1, -0.05) is 13.8 Å². The zero-order valence-corrected chi connectivity index (χ0v) is 10.6. The van der Waals surface area contributed by atoms with Crippen LogP contribution >= 0.6 is 0 Å². The van der Waals surface area contributed by atoms with E-state index in [2.05, 4.69) is 35.1 Å². The fourth-order valence-corrected chi connectivity index (χ4v) is 2.99. The molecule has 3 nitrogen and oxygen atoms in total. The predicted octanol–water partition coefficient (Wildman–Crippen LogP) is 2.60. The van der Waals surface area contributed by atoms with Crippen molar-refractivity contribution < 1.29 is 0 Å². The zero-order valence-electron chi connectivity index (χ0n) is 10.6. The molecule has 0 amide bonds. The molecule has 1 aliphatic carbocycles. The largest absolute Gasteiger partial charge is 0.316 e. The first kappa shape index (κ1) is 11.6. The van der Waals surface area contributed by atoms with Gasteiger partial charge >= 0.3 is 0 Å². The predicted molar refractivity (Wildman–Crippen MR) is 66.2 cm³/mol. The molecule has 1 aromatic rings. The lowest BCUT2D eigenvalue weighted by Crippen LogP contribution is -2.22. The summed E-state index contributed by atoms with van der Waals surface area (Å²) in [6, 6.07) is 0.615. The third-order valence-electron chi connectivity index (χ3n) is 3.56. The lowest BCUT2D eigenvalue weighted by molar-refractivity contribution is 0.210. The summed E-state index contributed by atoms with van der Waals surface area (Å²) in [7, 11) is 1.97. The molecule has 0 aliphatic heterocycles. The first-order valence-electron chi connectivity index (χ1n) is 6.36. The molecular weight excluding hydrogens is 198 g/mol. The second-order valence-corrected chi connectivity index (χ2v) is 5.43. The van der Waals surface area contributed by atoms with Crippen LogP contribution in [0.25, 0.3) is 0 Å². The van der Waals surface area contributed by atoms with Crippen molar-refractivity contribution in [3.05, 3.63) is 18.0 Å². The lowest BCUT2D eigenvalue weighted by Gasteiger charge is -2.31. The maximum atomic E-state index is 4.50. The highest BCUT2D eigenvalue weighted by atomic mass is 15.3. The van der Waals surface area contributed by atoms with Crippen LogP contribution < -0.4 is 5.32 Å². The van der Waals surface area contributed by atoms with E-state index in [4.69, 9.17) is 0 Å². The Labute approximate surface area is 98.2 Å². The number of nitrogens with one attached hydrogen (secondary N) is 1. The van der Waals surface area contributed by atoms with Crippen molar-refractivity contribution in [1.29, 1.82) is 0 Å². The number of nitrogens with zero attached hydrogens (tertiary/aromatic N) is 2. The molecule has 0 bridgehead atoms. The lowest BCUT2D eigenvalue weighted by atomic mass is 9.80. The Morgan fingerprint density at radius 3 is 2.62 bits per heavy atom. The van der Waals surface area contributed by atoms with Gasteiger partial charge in [0.05, 0.1) is 12.2 Å². The molecule has 1 aromatic heterocycles. The van der Waals surface area contributed by atoms with Gasteiger partial charge in [-0.2, -0.15) is 5.10 Å². The van der Waals surface area contributed by atoms with Gasteiger partial charge in [0.1, 0.15) is 0 Å². The topological polar surface area (TPSA) is 29.9 Å². The van der Waals surface area contributed by atoms with E-state index in [0.29, 0.717) is 6.04 Å². The van der Waals surface area contributed by atoms with E-state index in [9.17, 15) is 0 Å². The number of hydrogen-bond acceptors (Lipinski definition) is 2. The number of aromatic nitrogens is 2. The summed E-state index contributed by atoms with van der Waals surface area (Å²) in [6.07, 6.45) is 8.13. The molecule has 0 aromatic carbocycles. The SMILES string of the molecule is CNCc1cnn(C2CC(C)CC(C)C2)c1. The molecule has 1 saturated carbocycles. The highest BCUT2D eigenvalue weighted by Gasteiger charge is 2.25. The maximum absolute atomic E-state index is 4.50. The van der Waals surface area contributed by atoms with Crippen molar-refractivity contribution in [2.75, 3.05) is 7.05 Å². The van der Waals surface area contributed by atoms with Gasteiger partial charge < -0.3 is 5.32 Å². The van der Waals surface area contributed by atoms with E-state index in [1.807, 2.05) is 13.2 Å². The van der Waals surface area contributed by atoms with Crippen LogP contribution in [0.4, 0.5) is 0 Å². The molecule has 16 heavy (non-hydrogen) atoms. The summed E-state index contributed by atoms with van der Waals surface area (Å²) in [6.45, 7) is 5.64. The number of hydrogen-bond donors (Lipinski definition) is 1. The molecule has 1 N–H and O–H groups in total. The van der Waals surface area contributed by atoms with E-state index >= 15 is 0 Å². The smallest absolute Gasteiger partial charge is 0.0534 e. The monoisotopic (exact) mass is 221 g/mol. The van der Waals surface area contributed by atoms with Crippen LogP contribution in [0.1, 0.15) is 44.7 Å². The summed E-state index contributed by atoms with van der Waals surface area (Å²) in [5.41, 5.74) is 1.29. The average Bonchev–Trinajstić information content (AvgIpc) is 2.65. The van der Waals surface area contributed by atoms with Crippen molar-refractivity contribution in [3.8, 4) is 0 Å². The van der Waals surface area contributed by atoms with Gasteiger partial charge in [0.15, 0.2) is 0 Å². The standard InChI is InChI=1S/C13H23N3/c1-10-4-11(2)6-13(5-10)16-9-12(7-14-3)8-15-16/h8-11,13-14H,4-7H2,1-3H3. The zero-order chi connectivity index (χ0) is 11.5. The molecule has 90 valence electrons. The second-order valence-electron chi connectivity index (χ2n) is 5.43. The quantitative estimate of drug-likeness (QED) is 0.850. The van der Waals surface area contributed by atoms with Crippen LogP contribution in [0.15, 0.2) is 12.4 Å². The van der Waals surface area contributed by atoms with Crippen LogP contribution in [0.5, 0.6) is 0 Å². The third-order valence-corrected chi connectivity index (χ3v) is 3.56. The Bertz CT molecular complexity index is 322.